The number of rotatable bonds is 5. The van der Waals surface area contributed by atoms with Crippen molar-refractivity contribution in [1.82, 2.24) is 5.32 Å². The summed E-state index contributed by atoms with van der Waals surface area (Å²) in [5, 5.41) is 3.55. The molecule has 1 atom stereocenters. The van der Waals surface area contributed by atoms with E-state index in [4.69, 9.17) is 5.73 Å². The molecule has 2 heteroatoms. The number of hydrogen-bond acceptors (Lipinski definition) is 2. The monoisotopic (exact) mass is 170 g/mol. The average Bonchev–Trinajstić information content (AvgIpc) is 1.93. The van der Waals surface area contributed by atoms with Gasteiger partial charge in [0.25, 0.3) is 0 Å². The van der Waals surface area contributed by atoms with Crippen LogP contribution in [0.25, 0.3) is 0 Å². The minimum absolute atomic E-state index is 0.584. The fourth-order valence-corrected chi connectivity index (χ4v) is 1.67. The zero-order valence-corrected chi connectivity index (χ0v) is 8.34. The van der Waals surface area contributed by atoms with E-state index in [2.05, 4.69) is 19.2 Å². The van der Waals surface area contributed by atoms with Crippen molar-refractivity contribution in [3.8, 4) is 0 Å². The highest BCUT2D eigenvalue weighted by atomic mass is 14.9. The zero-order chi connectivity index (χ0) is 8.97. The number of nitrogens with two attached hydrogens (primary N) is 1. The average molecular weight is 170 g/mol. The Morgan fingerprint density at radius 3 is 2.42 bits per heavy atom. The quantitative estimate of drug-likeness (QED) is 0.654. The van der Waals surface area contributed by atoms with Crippen LogP contribution in [0, 0.1) is 11.8 Å². The summed E-state index contributed by atoms with van der Waals surface area (Å²) < 4.78 is 0. The topological polar surface area (TPSA) is 38.0 Å². The van der Waals surface area contributed by atoms with Gasteiger partial charge in [-0.25, -0.2) is 0 Å². The molecule has 1 aliphatic rings. The Morgan fingerprint density at radius 2 is 2.08 bits per heavy atom. The molecule has 0 saturated heterocycles. The van der Waals surface area contributed by atoms with Crippen LogP contribution >= 0.6 is 0 Å². The Kier molecular flexibility index (Phi) is 4.02. The maximum Gasteiger partial charge on any atom is 0.0218 e. The maximum absolute atomic E-state index is 5.71. The van der Waals surface area contributed by atoms with Crippen molar-refractivity contribution in [3.63, 3.8) is 0 Å². The smallest absolute Gasteiger partial charge is 0.0218 e. The van der Waals surface area contributed by atoms with E-state index in [0.29, 0.717) is 6.04 Å². The molecule has 72 valence electrons. The molecular formula is C10H22N2. The lowest BCUT2D eigenvalue weighted by atomic mass is 9.79. The predicted molar refractivity (Wildman–Crippen MR) is 53.0 cm³/mol. The summed E-state index contributed by atoms with van der Waals surface area (Å²) in [5.74, 6) is 1.60. The van der Waals surface area contributed by atoms with Gasteiger partial charge >= 0.3 is 0 Å². The van der Waals surface area contributed by atoms with Crippen LogP contribution in [0.4, 0.5) is 0 Å². The Balaban J connectivity index is 2.15. The van der Waals surface area contributed by atoms with Gasteiger partial charge in [0, 0.05) is 12.6 Å². The predicted octanol–water partition coefficient (Wildman–Crippen LogP) is 1.36. The summed E-state index contributed by atoms with van der Waals surface area (Å²) in [4.78, 5) is 0. The first kappa shape index (κ1) is 10.0. The van der Waals surface area contributed by atoms with E-state index in [1.165, 1.54) is 19.3 Å². The van der Waals surface area contributed by atoms with E-state index >= 15 is 0 Å². The molecule has 1 rings (SSSR count). The second-order valence-corrected chi connectivity index (χ2v) is 4.34. The van der Waals surface area contributed by atoms with Crippen molar-refractivity contribution in [2.45, 2.75) is 39.2 Å². The first-order chi connectivity index (χ1) is 5.74. The fourth-order valence-electron chi connectivity index (χ4n) is 1.67. The van der Waals surface area contributed by atoms with Crippen LogP contribution in [-0.2, 0) is 0 Å². The molecule has 1 saturated carbocycles. The Bertz CT molecular complexity index is 119. The second-order valence-electron chi connectivity index (χ2n) is 4.34. The van der Waals surface area contributed by atoms with Gasteiger partial charge in [-0.1, -0.05) is 20.3 Å². The van der Waals surface area contributed by atoms with Gasteiger partial charge in [0.15, 0.2) is 0 Å². The molecule has 0 aromatic rings. The molecular weight excluding hydrogens is 148 g/mol. The lowest BCUT2D eigenvalue weighted by Gasteiger charge is -2.34. The number of nitrogens with one attached hydrogen (secondary N) is 1. The van der Waals surface area contributed by atoms with Crippen molar-refractivity contribution in [3.05, 3.63) is 0 Å². The minimum atomic E-state index is 0.584. The largest absolute Gasteiger partial charge is 0.329 e. The highest BCUT2D eigenvalue weighted by Crippen LogP contribution is 2.29. The van der Waals surface area contributed by atoms with Crippen LogP contribution in [0.2, 0.25) is 0 Å². The first-order valence-electron chi connectivity index (χ1n) is 5.17. The normalized spacial score (nSPS) is 21.0. The SMILES string of the molecule is CC(C)CNC(CN)C1CCC1. The van der Waals surface area contributed by atoms with Gasteiger partial charge < -0.3 is 11.1 Å². The van der Waals surface area contributed by atoms with Gasteiger partial charge in [0.2, 0.25) is 0 Å². The van der Waals surface area contributed by atoms with E-state index in [9.17, 15) is 0 Å². The minimum Gasteiger partial charge on any atom is -0.329 e. The molecule has 2 nitrogen and oxygen atoms in total. The lowest BCUT2D eigenvalue weighted by molar-refractivity contribution is 0.228. The third kappa shape index (κ3) is 2.76. The van der Waals surface area contributed by atoms with E-state index in [1.54, 1.807) is 0 Å². The van der Waals surface area contributed by atoms with Crippen molar-refractivity contribution < 1.29 is 0 Å². The summed E-state index contributed by atoms with van der Waals surface area (Å²) in [6, 6.07) is 0.584. The molecule has 0 amide bonds. The van der Waals surface area contributed by atoms with Gasteiger partial charge in [-0.3, -0.25) is 0 Å². The van der Waals surface area contributed by atoms with E-state index < -0.39 is 0 Å². The van der Waals surface area contributed by atoms with Crippen molar-refractivity contribution >= 4 is 0 Å². The van der Waals surface area contributed by atoms with Crippen molar-refractivity contribution in [2.24, 2.45) is 17.6 Å². The lowest BCUT2D eigenvalue weighted by Crippen LogP contribution is -2.45. The zero-order valence-electron chi connectivity index (χ0n) is 8.34. The molecule has 0 aromatic carbocycles. The summed E-state index contributed by atoms with van der Waals surface area (Å²) >= 11 is 0. The molecule has 0 aromatic heterocycles. The van der Waals surface area contributed by atoms with Gasteiger partial charge in [-0.15, -0.1) is 0 Å². The second kappa shape index (κ2) is 4.83. The molecule has 0 bridgehead atoms. The van der Waals surface area contributed by atoms with Crippen LogP contribution in [0.3, 0.4) is 0 Å². The van der Waals surface area contributed by atoms with E-state index in [-0.39, 0.29) is 0 Å². The third-order valence-electron chi connectivity index (χ3n) is 2.76. The maximum atomic E-state index is 5.71. The Labute approximate surface area is 75.9 Å². The van der Waals surface area contributed by atoms with Crippen molar-refractivity contribution in [2.75, 3.05) is 13.1 Å². The third-order valence-corrected chi connectivity index (χ3v) is 2.76. The summed E-state index contributed by atoms with van der Waals surface area (Å²) in [5.41, 5.74) is 5.71. The molecule has 0 aliphatic heterocycles. The van der Waals surface area contributed by atoms with Gasteiger partial charge in [-0.05, 0) is 31.2 Å². The van der Waals surface area contributed by atoms with E-state index in [1.807, 2.05) is 0 Å². The summed E-state index contributed by atoms with van der Waals surface area (Å²) in [6.07, 6.45) is 4.17. The van der Waals surface area contributed by atoms with Gasteiger partial charge in [0.05, 0.1) is 0 Å². The summed E-state index contributed by atoms with van der Waals surface area (Å²) in [7, 11) is 0. The van der Waals surface area contributed by atoms with Crippen molar-refractivity contribution in [1.29, 1.82) is 0 Å². The molecule has 0 spiro atoms. The first-order valence-corrected chi connectivity index (χ1v) is 5.17. The van der Waals surface area contributed by atoms with Crippen LogP contribution in [0.5, 0.6) is 0 Å². The van der Waals surface area contributed by atoms with Gasteiger partial charge in [-0.2, -0.15) is 0 Å². The highest BCUT2D eigenvalue weighted by Gasteiger charge is 2.25. The standard InChI is InChI=1S/C10H22N2/c1-8(2)7-12-10(6-11)9-4-3-5-9/h8-10,12H,3-7,11H2,1-2H3. The molecule has 0 heterocycles. The van der Waals surface area contributed by atoms with Crippen LogP contribution in [0.15, 0.2) is 0 Å². The molecule has 3 N–H and O–H groups in total. The molecule has 1 unspecified atom stereocenters. The Morgan fingerprint density at radius 1 is 1.42 bits per heavy atom. The fraction of sp³-hybridized carbons (Fsp3) is 1.00. The number of hydrogen-bond donors (Lipinski definition) is 2. The molecule has 1 aliphatic carbocycles. The summed E-state index contributed by atoms with van der Waals surface area (Å²) in [6.45, 7) is 6.39. The molecule has 1 fully saturated rings. The Hall–Kier alpha value is -0.0800. The van der Waals surface area contributed by atoms with Crippen LogP contribution in [-0.4, -0.2) is 19.1 Å². The van der Waals surface area contributed by atoms with Crippen LogP contribution in [0.1, 0.15) is 33.1 Å². The van der Waals surface area contributed by atoms with Gasteiger partial charge in [0.1, 0.15) is 0 Å². The molecule has 0 radical (unpaired) electrons. The molecule has 12 heavy (non-hydrogen) atoms. The highest BCUT2D eigenvalue weighted by molar-refractivity contribution is 4.83. The van der Waals surface area contributed by atoms with E-state index in [0.717, 1.165) is 24.9 Å². The van der Waals surface area contributed by atoms with Crippen LogP contribution < -0.4 is 11.1 Å².